The minimum absolute atomic E-state index is 0.364. The lowest BCUT2D eigenvalue weighted by molar-refractivity contribution is 0.426. The van der Waals surface area contributed by atoms with Gasteiger partial charge < -0.3 is 4.52 Å². The summed E-state index contributed by atoms with van der Waals surface area (Å²) in [6, 6.07) is 7.43. The summed E-state index contributed by atoms with van der Waals surface area (Å²) in [4.78, 5) is 0. The number of alkyl halides is 1. The van der Waals surface area contributed by atoms with Crippen molar-refractivity contribution in [1.29, 1.82) is 0 Å². The van der Waals surface area contributed by atoms with E-state index in [4.69, 9.17) is 27.7 Å². The molecule has 1 aromatic heterocycles. The van der Waals surface area contributed by atoms with Gasteiger partial charge in [-0.05, 0) is 31.2 Å². The molecule has 0 aliphatic heterocycles. The van der Waals surface area contributed by atoms with Gasteiger partial charge in [-0.15, -0.1) is 11.6 Å². The van der Waals surface area contributed by atoms with Crippen LogP contribution in [0.2, 0.25) is 5.02 Å². The Morgan fingerprint density at radius 2 is 1.93 bits per heavy atom. The Hall–Kier alpha value is -0.990. The number of rotatable bonds is 2. The number of aromatic nitrogens is 1. The molecule has 0 radical (unpaired) electrons. The third-order valence-corrected chi connectivity index (χ3v) is 2.76. The van der Waals surface area contributed by atoms with Gasteiger partial charge in [0.05, 0.1) is 5.88 Å². The summed E-state index contributed by atoms with van der Waals surface area (Å²) in [5, 5.41) is 4.60. The molecule has 0 fully saturated rings. The summed E-state index contributed by atoms with van der Waals surface area (Å²) < 4.78 is 5.23. The maximum absolute atomic E-state index is 5.80. The van der Waals surface area contributed by atoms with Crippen LogP contribution in [0.5, 0.6) is 0 Å². The molecule has 0 aliphatic rings. The van der Waals surface area contributed by atoms with E-state index in [0.29, 0.717) is 10.9 Å². The van der Waals surface area contributed by atoms with E-state index >= 15 is 0 Å². The first-order valence-electron chi connectivity index (χ1n) is 4.49. The molecule has 0 saturated heterocycles. The number of benzene rings is 1. The van der Waals surface area contributed by atoms with Gasteiger partial charge in [0.25, 0.3) is 0 Å². The molecule has 2 aromatic rings. The van der Waals surface area contributed by atoms with Gasteiger partial charge in [-0.2, -0.15) is 0 Å². The lowest BCUT2D eigenvalue weighted by atomic mass is 10.1. The van der Waals surface area contributed by atoms with E-state index in [0.717, 1.165) is 22.6 Å². The summed E-state index contributed by atoms with van der Waals surface area (Å²) in [7, 11) is 0. The molecule has 15 heavy (non-hydrogen) atoms. The van der Waals surface area contributed by atoms with Crippen LogP contribution in [0.15, 0.2) is 28.8 Å². The van der Waals surface area contributed by atoms with Crippen LogP contribution in [0.3, 0.4) is 0 Å². The SMILES string of the molecule is Cc1c(CCl)noc1-c1ccc(Cl)cc1. The normalized spacial score (nSPS) is 10.6. The predicted molar refractivity (Wildman–Crippen MR) is 61.2 cm³/mol. The average molecular weight is 242 g/mol. The molecule has 2 nitrogen and oxygen atoms in total. The molecule has 0 saturated carbocycles. The summed E-state index contributed by atoms with van der Waals surface area (Å²) in [5.41, 5.74) is 2.72. The van der Waals surface area contributed by atoms with E-state index in [9.17, 15) is 0 Å². The van der Waals surface area contributed by atoms with Crippen LogP contribution >= 0.6 is 23.2 Å². The summed E-state index contributed by atoms with van der Waals surface area (Å²) >= 11 is 11.5. The molecule has 78 valence electrons. The molecule has 0 amide bonds. The van der Waals surface area contributed by atoms with Crippen LogP contribution in [0.4, 0.5) is 0 Å². The second kappa shape index (κ2) is 4.25. The zero-order valence-corrected chi connectivity index (χ0v) is 9.64. The maximum atomic E-state index is 5.80. The Morgan fingerprint density at radius 3 is 2.47 bits per heavy atom. The van der Waals surface area contributed by atoms with Gasteiger partial charge in [0.1, 0.15) is 5.69 Å². The monoisotopic (exact) mass is 241 g/mol. The van der Waals surface area contributed by atoms with Crippen molar-refractivity contribution in [2.24, 2.45) is 0 Å². The van der Waals surface area contributed by atoms with E-state index < -0.39 is 0 Å². The van der Waals surface area contributed by atoms with Crippen molar-refractivity contribution in [3.8, 4) is 11.3 Å². The van der Waals surface area contributed by atoms with Crippen LogP contribution < -0.4 is 0 Å². The second-order valence-electron chi connectivity index (χ2n) is 3.22. The van der Waals surface area contributed by atoms with E-state index in [2.05, 4.69) is 5.16 Å². The van der Waals surface area contributed by atoms with Crippen LogP contribution in [0, 0.1) is 6.92 Å². The molecular weight excluding hydrogens is 233 g/mol. The van der Waals surface area contributed by atoms with E-state index in [1.165, 1.54) is 0 Å². The zero-order chi connectivity index (χ0) is 10.8. The molecule has 2 rings (SSSR count). The van der Waals surface area contributed by atoms with Gasteiger partial charge in [0, 0.05) is 16.1 Å². The van der Waals surface area contributed by atoms with Crippen LogP contribution in [0.25, 0.3) is 11.3 Å². The van der Waals surface area contributed by atoms with Gasteiger partial charge >= 0.3 is 0 Å². The highest BCUT2D eigenvalue weighted by atomic mass is 35.5. The van der Waals surface area contributed by atoms with Gasteiger partial charge in [-0.25, -0.2) is 0 Å². The van der Waals surface area contributed by atoms with Crippen molar-refractivity contribution in [3.05, 3.63) is 40.5 Å². The van der Waals surface area contributed by atoms with Crippen molar-refractivity contribution in [3.63, 3.8) is 0 Å². The van der Waals surface area contributed by atoms with Gasteiger partial charge in [-0.3, -0.25) is 0 Å². The first-order valence-corrected chi connectivity index (χ1v) is 5.40. The number of halogens is 2. The van der Waals surface area contributed by atoms with E-state index in [-0.39, 0.29) is 0 Å². The molecule has 1 aromatic carbocycles. The number of hydrogen-bond acceptors (Lipinski definition) is 2. The van der Waals surface area contributed by atoms with Gasteiger partial charge in [0.15, 0.2) is 5.76 Å². The third-order valence-electron chi connectivity index (χ3n) is 2.25. The van der Waals surface area contributed by atoms with Crippen LogP contribution in [0.1, 0.15) is 11.3 Å². The largest absolute Gasteiger partial charge is 0.356 e. The zero-order valence-electron chi connectivity index (χ0n) is 8.13. The molecule has 0 spiro atoms. The fourth-order valence-electron chi connectivity index (χ4n) is 1.36. The Labute approximate surface area is 97.8 Å². The summed E-state index contributed by atoms with van der Waals surface area (Å²) in [6.07, 6.45) is 0. The van der Waals surface area contributed by atoms with Crippen molar-refractivity contribution in [2.75, 3.05) is 0 Å². The minimum atomic E-state index is 0.364. The van der Waals surface area contributed by atoms with Crippen LogP contribution in [-0.2, 0) is 5.88 Å². The van der Waals surface area contributed by atoms with E-state index in [1.54, 1.807) is 0 Å². The highest BCUT2D eigenvalue weighted by molar-refractivity contribution is 6.30. The Bertz CT molecular complexity index is 462. The smallest absolute Gasteiger partial charge is 0.170 e. The summed E-state index contributed by atoms with van der Waals surface area (Å²) in [5.74, 6) is 1.12. The lowest BCUT2D eigenvalue weighted by Crippen LogP contribution is -1.81. The molecule has 0 atom stereocenters. The first-order chi connectivity index (χ1) is 7.22. The van der Waals surface area contributed by atoms with Crippen molar-refractivity contribution in [2.45, 2.75) is 12.8 Å². The fraction of sp³-hybridized carbons (Fsp3) is 0.182. The van der Waals surface area contributed by atoms with Crippen molar-refractivity contribution >= 4 is 23.2 Å². The number of nitrogens with zero attached hydrogens (tertiary/aromatic N) is 1. The Balaban J connectivity index is 2.45. The number of hydrogen-bond donors (Lipinski definition) is 0. The molecule has 0 aliphatic carbocycles. The van der Waals surface area contributed by atoms with Gasteiger partial charge in [0.2, 0.25) is 0 Å². The minimum Gasteiger partial charge on any atom is -0.356 e. The van der Waals surface area contributed by atoms with Crippen molar-refractivity contribution in [1.82, 2.24) is 5.16 Å². The highest BCUT2D eigenvalue weighted by Crippen LogP contribution is 2.27. The van der Waals surface area contributed by atoms with E-state index in [1.807, 2.05) is 31.2 Å². The predicted octanol–water partition coefficient (Wildman–Crippen LogP) is 4.04. The fourth-order valence-corrected chi connectivity index (χ4v) is 1.74. The maximum Gasteiger partial charge on any atom is 0.170 e. The average Bonchev–Trinajstić information content (AvgIpc) is 2.61. The topological polar surface area (TPSA) is 26.0 Å². The quantitative estimate of drug-likeness (QED) is 0.742. The summed E-state index contributed by atoms with van der Waals surface area (Å²) in [6.45, 7) is 1.94. The third kappa shape index (κ3) is 2.01. The first kappa shape index (κ1) is 10.5. The standard InChI is InChI=1S/C11H9Cl2NO/c1-7-10(6-12)14-15-11(7)8-2-4-9(13)5-3-8/h2-5H,6H2,1H3. The molecule has 1 heterocycles. The molecule has 0 unspecified atom stereocenters. The molecule has 0 bridgehead atoms. The van der Waals surface area contributed by atoms with Crippen molar-refractivity contribution < 1.29 is 4.52 Å². The lowest BCUT2D eigenvalue weighted by Gasteiger charge is -1.97. The highest BCUT2D eigenvalue weighted by Gasteiger charge is 2.12. The molecular formula is C11H9Cl2NO. The van der Waals surface area contributed by atoms with Gasteiger partial charge in [-0.1, -0.05) is 16.8 Å². The van der Waals surface area contributed by atoms with Crippen LogP contribution in [-0.4, -0.2) is 5.16 Å². The molecule has 4 heteroatoms. The Morgan fingerprint density at radius 1 is 1.27 bits per heavy atom. The molecule has 0 N–H and O–H groups in total. The Kier molecular flexibility index (Phi) is 2.98. The second-order valence-corrected chi connectivity index (χ2v) is 3.93.